The zero-order valence-corrected chi connectivity index (χ0v) is 62.4. The molecule has 0 aliphatic rings. The van der Waals surface area contributed by atoms with Crippen molar-refractivity contribution in [3.63, 3.8) is 0 Å². The summed E-state index contributed by atoms with van der Waals surface area (Å²) in [5.41, 5.74) is 0. The minimum atomic E-state index is -4.40. The third-order valence-electron chi connectivity index (χ3n) is 17.7. The van der Waals surface area contributed by atoms with Gasteiger partial charge in [-0.1, -0.05) is 363 Å². The molecule has 10 heteroatoms. The highest BCUT2D eigenvalue weighted by atomic mass is 31.2. The van der Waals surface area contributed by atoms with Crippen LogP contribution in [0.3, 0.4) is 0 Å². The average Bonchev–Trinajstić information content (AvgIpc) is 2.14. The monoisotopic (exact) mass is 1310 g/mol. The van der Waals surface area contributed by atoms with Gasteiger partial charge in [0, 0.05) is 12.8 Å². The summed E-state index contributed by atoms with van der Waals surface area (Å²) < 4.78 is 34.8. The van der Waals surface area contributed by atoms with Gasteiger partial charge in [-0.15, -0.1) is 0 Å². The molecule has 0 aromatic heterocycles. The van der Waals surface area contributed by atoms with Gasteiger partial charge in [0.15, 0.2) is 6.10 Å². The van der Waals surface area contributed by atoms with Gasteiger partial charge in [-0.25, -0.2) is 4.57 Å². The number of likely N-dealkylation sites (N-methyl/N-ethyl adjacent to an activating group) is 1. The predicted octanol–water partition coefficient (Wildman–Crippen LogP) is 26.3. The van der Waals surface area contributed by atoms with E-state index >= 15 is 0 Å². The number of rotatable bonds is 74. The first-order valence-corrected chi connectivity index (χ1v) is 41.2. The number of esters is 2. The first-order valence-electron chi connectivity index (χ1n) is 39.7. The Balaban J connectivity index is 3.89. The standard InChI is InChI=1S/C82H152NO8P/c1-6-8-10-12-14-16-18-20-22-24-26-28-30-32-34-35-36-37-38-39-40-41-42-43-44-45-46-47-49-50-52-54-56-58-60-62-64-66-68-70-72-74-81(84)88-78-80(79-90-92(86,87)89-77-76-83(3,4)5)91-82(85)75-73-71-69-67-65-63-61-59-57-55-53-51-48-33-31-29-27-25-23-21-19-17-15-13-11-9-7-2/h9,11,15,17,21,23-24,26-27,29,33,48,80H,6-8,10,12-14,16,18-20,22,25,28,30-32,34-47,49-79H2,1-5H3/p+1/b11-9-,17-15-,23-21-,26-24-,29-27-,48-33-. The van der Waals surface area contributed by atoms with Crippen molar-refractivity contribution in [1.29, 1.82) is 0 Å². The van der Waals surface area contributed by atoms with Crippen molar-refractivity contribution in [3.05, 3.63) is 72.9 Å². The van der Waals surface area contributed by atoms with Gasteiger partial charge >= 0.3 is 19.8 Å². The zero-order valence-electron chi connectivity index (χ0n) is 61.5. The summed E-state index contributed by atoms with van der Waals surface area (Å²) in [6.07, 6.45) is 99.2. The minimum absolute atomic E-state index is 0.0307. The Kier molecular flexibility index (Phi) is 70.7. The van der Waals surface area contributed by atoms with Crippen LogP contribution in [0.2, 0.25) is 0 Å². The lowest BCUT2D eigenvalue weighted by atomic mass is 10.0. The topological polar surface area (TPSA) is 108 Å². The Hall–Kier alpha value is -2.55. The Bertz CT molecular complexity index is 1780. The van der Waals surface area contributed by atoms with E-state index in [9.17, 15) is 19.0 Å². The van der Waals surface area contributed by atoms with Crippen LogP contribution < -0.4 is 0 Å². The van der Waals surface area contributed by atoms with Crippen molar-refractivity contribution in [1.82, 2.24) is 0 Å². The van der Waals surface area contributed by atoms with Gasteiger partial charge < -0.3 is 18.9 Å². The van der Waals surface area contributed by atoms with E-state index in [1.807, 2.05) is 21.1 Å². The minimum Gasteiger partial charge on any atom is -0.462 e. The number of allylic oxidation sites excluding steroid dienone is 12. The molecule has 0 saturated heterocycles. The van der Waals surface area contributed by atoms with Crippen molar-refractivity contribution in [2.45, 2.75) is 392 Å². The van der Waals surface area contributed by atoms with Crippen LogP contribution >= 0.6 is 7.82 Å². The molecule has 0 aromatic carbocycles. The average molecular weight is 1310 g/mol. The zero-order chi connectivity index (χ0) is 66.9. The number of carbonyl (C=O) groups is 2. The van der Waals surface area contributed by atoms with Gasteiger partial charge in [0.25, 0.3) is 0 Å². The molecule has 0 aliphatic carbocycles. The number of carbonyl (C=O) groups excluding carboxylic acids is 2. The van der Waals surface area contributed by atoms with Crippen molar-refractivity contribution in [2.75, 3.05) is 47.5 Å². The van der Waals surface area contributed by atoms with E-state index < -0.39 is 26.5 Å². The summed E-state index contributed by atoms with van der Waals surface area (Å²) in [6, 6.07) is 0. The molecule has 0 rings (SSSR count). The van der Waals surface area contributed by atoms with Gasteiger partial charge in [-0.2, -0.15) is 0 Å². The van der Waals surface area contributed by atoms with Crippen LogP contribution in [0.5, 0.6) is 0 Å². The number of nitrogens with zero attached hydrogens (tertiary/aromatic N) is 1. The molecule has 538 valence electrons. The fraction of sp³-hybridized carbons (Fsp3) is 0.829. The van der Waals surface area contributed by atoms with Gasteiger partial charge in [0.05, 0.1) is 27.7 Å². The summed E-state index contributed by atoms with van der Waals surface area (Å²) in [5.74, 6) is -0.785. The molecular weight excluding hydrogens is 1160 g/mol. The number of hydrogen-bond donors (Lipinski definition) is 1. The lowest BCUT2D eigenvalue weighted by Gasteiger charge is -2.24. The van der Waals surface area contributed by atoms with Gasteiger partial charge in [-0.3, -0.25) is 18.6 Å². The van der Waals surface area contributed by atoms with Crippen LogP contribution in [-0.4, -0.2) is 74.9 Å². The third-order valence-corrected chi connectivity index (χ3v) is 18.7. The summed E-state index contributed by atoms with van der Waals surface area (Å²) in [7, 11) is 1.49. The number of quaternary nitrogens is 1. The summed E-state index contributed by atoms with van der Waals surface area (Å²) >= 11 is 0. The van der Waals surface area contributed by atoms with Crippen LogP contribution in [0.15, 0.2) is 72.9 Å². The lowest BCUT2D eigenvalue weighted by Crippen LogP contribution is -2.37. The van der Waals surface area contributed by atoms with Gasteiger partial charge in [-0.05, 0) is 83.5 Å². The summed E-state index contributed by atoms with van der Waals surface area (Å²) in [4.78, 5) is 35.9. The maximum Gasteiger partial charge on any atom is 0.472 e. The van der Waals surface area contributed by atoms with Crippen LogP contribution in [-0.2, 0) is 32.7 Å². The van der Waals surface area contributed by atoms with Crippen LogP contribution in [0.1, 0.15) is 386 Å². The molecule has 0 bridgehead atoms. The molecule has 0 heterocycles. The highest BCUT2D eigenvalue weighted by molar-refractivity contribution is 7.47. The van der Waals surface area contributed by atoms with Crippen molar-refractivity contribution >= 4 is 19.8 Å². The van der Waals surface area contributed by atoms with Crippen molar-refractivity contribution in [2.24, 2.45) is 0 Å². The van der Waals surface area contributed by atoms with Crippen LogP contribution in [0.4, 0.5) is 0 Å². The Labute approximate surface area is 571 Å². The molecule has 0 amide bonds. The number of phosphoric ester groups is 1. The molecule has 0 fully saturated rings. The Morgan fingerprint density at radius 1 is 0.348 bits per heavy atom. The molecular formula is C82H153NO8P+. The number of phosphoric acid groups is 1. The Morgan fingerprint density at radius 3 is 0.935 bits per heavy atom. The van der Waals surface area contributed by atoms with E-state index in [4.69, 9.17) is 18.5 Å². The molecule has 0 saturated carbocycles. The first kappa shape index (κ1) is 89.5. The maximum atomic E-state index is 12.9. The molecule has 0 spiro atoms. The maximum absolute atomic E-state index is 12.9. The second-order valence-corrected chi connectivity index (χ2v) is 29.5. The van der Waals surface area contributed by atoms with Crippen molar-refractivity contribution < 1.29 is 42.1 Å². The molecule has 0 aliphatic heterocycles. The fourth-order valence-electron chi connectivity index (χ4n) is 11.7. The lowest BCUT2D eigenvalue weighted by molar-refractivity contribution is -0.870. The quantitative estimate of drug-likeness (QED) is 0.0211. The number of unbranched alkanes of at least 4 members (excludes halogenated alkanes) is 48. The van der Waals surface area contributed by atoms with E-state index in [0.717, 1.165) is 70.6 Å². The fourth-order valence-corrected chi connectivity index (χ4v) is 12.4. The molecule has 0 aromatic rings. The molecule has 2 atom stereocenters. The molecule has 92 heavy (non-hydrogen) atoms. The SMILES string of the molecule is CC/C=C\C/C=C\C/C=C\C/C=C\C/C=C\CCCCCCCCCCCCCC(=O)OC(COC(=O)CCCCCCCCCCCCCCCCCCCCCCCCCCCCCCC/C=C\CCCCCCCCCC)COP(=O)(O)OCC[N+](C)(C)C. The highest BCUT2D eigenvalue weighted by Crippen LogP contribution is 2.43. The Morgan fingerprint density at radius 2 is 0.620 bits per heavy atom. The van der Waals surface area contributed by atoms with Crippen LogP contribution in [0, 0.1) is 0 Å². The number of ether oxygens (including phenoxy) is 2. The van der Waals surface area contributed by atoms with E-state index in [0.29, 0.717) is 23.9 Å². The van der Waals surface area contributed by atoms with E-state index in [2.05, 4.69) is 86.8 Å². The second kappa shape index (κ2) is 72.7. The molecule has 2 unspecified atom stereocenters. The molecule has 0 radical (unpaired) electrons. The van der Waals surface area contributed by atoms with Crippen LogP contribution in [0.25, 0.3) is 0 Å². The first-order chi connectivity index (χ1) is 45.0. The molecule has 1 N–H and O–H groups in total. The van der Waals surface area contributed by atoms with Gasteiger partial charge in [0.1, 0.15) is 19.8 Å². The predicted molar refractivity (Wildman–Crippen MR) is 399 cm³/mol. The van der Waals surface area contributed by atoms with Crippen molar-refractivity contribution in [3.8, 4) is 0 Å². The largest absolute Gasteiger partial charge is 0.472 e. The second-order valence-electron chi connectivity index (χ2n) is 28.1. The van der Waals surface area contributed by atoms with Gasteiger partial charge in [0.2, 0.25) is 0 Å². The highest BCUT2D eigenvalue weighted by Gasteiger charge is 2.27. The van der Waals surface area contributed by atoms with E-state index in [-0.39, 0.29) is 25.6 Å². The summed E-state index contributed by atoms with van der Waals surface area (Å²) in [6.45, 7) is 4.37. The normalized spacial score (nSPS) is 13.4. The summed E-state index contributed by atoms with van der Waals surface area (Å²) in [5, 5.41) is 0. The number of hydrogen-bond acceptors (Lipinski definition) is 7. The third kappa shape index (κ3) is 76.5. The van der Waals surface area contributed by atoms with E-state index in [1.165, 1.54) is 283 Å². The van der Waals surface area contributed by atoms with E-state index in [1.54, 1.807) is 0 Å². The molecule has 9 nitrogen and oxygen atoms in total. The smallest absolute Gasteiger partial charge is 0.462 e.